The second-order valence-electron chi connectivity index (χ2n) is 6.72. The molecule has 0 spiro atoms. The highest BCUT2D eigenvalue weighted by Gasteiger charge is 2.24. The van der Waals surface area contributed by atoms with Crippen LogP contribution in [0.4, 0.5) is 0 Å². The number of aliphatic hydroxyl groups excluding tert-OH is 1. The lowest BCUT2D eigenvalue weighted by Crippen LogP contribution is -2.30. The number of methoxy groups -OCH3 is 2. The van der Waals surface area contributed by atoms with Crippen molar-refractivity contribution in [2.75, 3.05) is 33.9 Å². The summed E-state index contributed by atoms with van der Waals surface area (Å²) >= 11 is 0. The Labute approximate surface area is 172 Å². The van der Waals surface area contributed by atoms with E-state index < -0.39 is 0 Å². The highest BCUT2D eigenvalue weighted by molar-refractivity contribution is 5.85. The van der Waals surface area contributed by atoms with E-state index in [-0.39, 0.29) is 24.4 Å². The molecule has 1 aliphatic heterocycles. The molecule has 0 saturated carbocycles. The van der Waals surface area contributed by atoms with Gasteiger partial charge in [-0.3, -0.25) is 0 Å². The van der Waals surface area contributed by atoms with Gasteiger partial charge in [-0.15, -0.1) is 12.4 Å². The van der Waals surface area contributed by atoms with E-state index in [4.69, 9.17) is 14.2 Å². The van der Waals surface area contributed by atoms with Crippen molar-refractivity contribution < 1.29 is 19.3 Å². The van der Waals surface area contributed by atoms with E-state index >= 15 is 0 Å². The summed E-state index contributed by atoms with van der Waals surface area (Å²) in [5, 5.41) is 16.5. The highest BCUT2D eigenvalue weighted by atomic mass is 35.5. The lowest BCUT2D eigenvalue weighted by Gasteiger charge is -2.17. The van der Waals surface area contributed by atoms with Crippen LogP contribution in [-0.2, 0) is 13.2 Å². The third-order valence-corrected chi connectivity index (χ3v) is 4.79. The van der Waals surface area contributed by atoms with Gasteiger partial charge in [0.15, 0.2) is 11.5 Å². The van der Waals surface area contributed by atoms with E-state index in [1.165, 1.54) is 0 Å². The van der Waals surface area contributed by atoms with Gasteiger partial charge in [-0.05, 0) is 23.3 Å². The predicted octanol–water partition coefficient (Wildman–Crippen LogP) is 2.37. The second-order valence-corrected chi connectivity index (χ2v) is 6.72. The number of hydrogen-bond acceptors (Lipinski definition) is 6. The van der Waals surface area contributed by atoms with Gasteiger partial charge >= 0.3 is 0 Å². The summed E-state index contributed by atoms with van der Waals surface area (Å²) in [6.45, 7) is 3.37. The fraction of sp³-hybridized carbons (Fsp3) is 0.429. The van der Waals surface area contributed by atoms with Gasteiger partial charge < -0.3 is 30.0 Å². The molecular formula is C21H29ClN2O4. The number of benzene rings is 2. The minimum atomic E-state index is -0.282. The molecule has 1 saturated heterocycles. The molecule has 2 atom stereocenters. The molecule has 1 fully saturated rings. The van der Waals surface area contributed by atoms with Gasteiger partial charge in [-0.2, -0.15) is 0 Å². The number of aliphatic hydroxyl groups is 1. The van der Waals surface area contributed by atoms with Crippen LogP contribution in [0.1, 0.15) is 11.1 Å². The van der Waals surface area contributed by atoms with Crippen LogP contribution in [0.25, 0.3) is 0 Å². The molecule has 154 valence electrons. The van der Waals surface area contributed by atoms with E-state index in [0.29, 0.717) is 36.9 Å². The van der Waals surface area contributed by atoms with Gasteiger partial charge in [-0.25, -0.2) is 0 Å². The summed E-state index contributed by atoms with van der Waals surface area (Å²) in [6, 6.07) is 13.9. The fourth-order valence-corrected chi connectivity index (χ4v) is 3.24. The van der Waals surface area contributed by atoms with E-state index in [1.54, 1.807) is 14.2 Å². The third-order valence-electron chi connectivity index (χ3n) is 4.79. The largest absolute Gasteiger partial charge is 0.493 e. The minimum Gasteiger partial charge on any atom is -0.493 e. The Morgan fingerprint density at radius 1 is 1.04 bits per heavy atom. The Balaban J connectivity index is 0.00000280. The standard InChI is InChI=1S/C21H28N2O4.ClH/c1-25-19-8-16(10-22-11-17-12-23-13-18(17)24)9-20(26-2)21(19)27-14-15-6-4-3-5-7-15;/h3-9,17-18,22-24H,10-14H2,1-2H3;1H. The highest BCUT2D eigenvalue weighted by Crippen LogP contribution is 2.39. The second kappa shape index (κ2) is 11.1. The minimum absolute atomic E-state index is 0. The summed E-state index contributed by atoms with van der Waals surface area (Å²) in [6.07, 6.45) is -0.282. The average Bonchev–Trinajstić information content (AvgIpc) is 3.11. The monoisotopic (exact) mass is 408 g/mol. The molecule has 0 aromatic heterocycles. The first-order valence-electron chi connectivity index (χ1n) is 9.22. The van der Waals surface area contributed by atoms with Gasteiger partial charge in [-0.1, -0.05) is 30.3 Å². The first-order valence-corrected chi connectivity index (χ1v) is 9.22. The summed E-state index contributed by atoms with van der Waals surface area (Å²) < 4.78 is 17.0. The summed E-state index contributed by atoms with van der Waals surface area (Å²) in [5.41, 5.74) is 2.12. The van der Waals surface area contributed by atoms with E-state index in [1.807, 2.05) is 42.5 Å². The van der Waals surface area contributed by atoms with Crippen LogP contribution < -0.4 is 24.8 Å². The molecule has 1 heterocycles. The van der Waals surface area contributed by atoms with Crippen molar-refractivity contribution in [2.24, 2.45) is 5.92 Å². The predicted molar refractivity (Wildman–Crippen MR) is 112 cm³/mol. The molecule has 3 N–H and O–H groups in total. The Morgan fingerprint density at radius 2 is 1.71 bits per heavy atom. The Morgan fingerprint density at radius 3 is 2.29 bits per heavy atom. The Bertz CT molecular complexity index is 705. The van der Waals surface area contributed by atoms with Crippen molar-refractivity contribution in [3.63, 3.8) is 0 Å². The number of rotatable bonds is 9. The first kappa shape index (κ1) is 22.3. The van der Waals surface area contributed by atoms with Gasteiger partial charge in [0.1, 0.15) is 6.61 Å². The number of hydrogen-bond donors (Lipinski definition) is 3. The smallest absolute Gasteiger partial charge is 0.203 e. The van der Waals surface area contributed by atoms with Gasteiger partial charge in [0, 0.05) is 32.1 Å². The first-order chi connectivity index (χ1) is 13.2. The molecule has 2 unspecified atom stereocenters. The molecule has 2 aromatic rings. The molecule has 0 aliphatic carbocycles. The zero-order valence-electron chi connectivity index (χ0n) is 16.3. The van der Waals surface area contributed by atoms with Crippen LogP contribution in [0.5, 0.6) is 17.2 Å². The van der Waals surface area contributed by atoms with Crippen LogP contribution in [0.15, 0.2) is 42.5 Å². The molecular weight excluding hydrogens is 380 g/mol. The fourth-order valence-electron chi connectivity index (χ4n) is 3.24. The van der Waals surface area contributed by atoms with Crippen molar-refractivity contribution in [1.29, 1.82) is 0 Å². The molecule has 3 rings (SSSR count). The molecule has 6 nitrogen and oxygen atoms in total. The van der Waals surface area contributed by atoms with Crippen LogP contribution >= 0.6 is 12.4 Å². The van der Waals surface area contributed by atoms with Crippen LogP contribution in [0.2, 0.25) is 0 Å². The SMILES string of the molecule is COc1cc(CNCC2CNCC2O)cc(OC)c1OCc1ccccc1.Cl. The maximum absolute atomic E-state index is 9.88. The average molecular weight is 409 g/mol. The molecule has 0 radical (unpaired) electrons. The van der Waals surface area contributed by atoms with Gasteiger partial charge in [0.2, 0.25) is 5.75 Å². The lowest BCUT2D eigenvalue weighted by molar-refractivity contribution is 0.146. The number of halogens is 1. The maximum Gasteiger partial charge on any atom is 0.203 e. The summed E-state index contributed by atoms with van der Waals surface area (Å²) in [7, 11) is 3.25. The normalized spacial score (nSPS) is 18.4. The number of ether oxygens (including phenoxy) is 3. The molecule has 0 amide bonds. The van der Waals surface area contributed by atoms with Crippen LogP contribution in [-0.4, -0.2) is 45.1 Å². The topological polar surface area (TPSA) is 72.0 Å². The van der Waals surface area contributed by atoms with Gasteiger partial charge in [0.05, 0.1) is 20.3 Å². The quantitative estimate of drug-likeness (QED) is 0.591. The van der Waals surface area contributed by atoms with Crippen LogP contribution in [0, 0.1) is 5.92 Å². The van der Waals surface area contributed by atoms with Crippen molar-refractivity contribution in [3.8, 4) is 17.2 Å². The third kappa shape index (κ3) is 5.75. The van der Waals surface area contributed by atoms with E-state index in [0.717, 1.165) is 24.2 Å². The summed E-state index contributed by atoms with van der Waals surface area (Å²) in [4.78, 5) is 0. The van der Waals surface area contributed by atoms with Crippen molar-refractivity contribution in [2.45, 2.75) is 19.3 Å². The molecule has 7 heteroatoms. The molecule has 0 bridgehead atoms. The van der Waals surface area contributed by atoms with Crippen molar-refractivity contribution in [1.82, 2.24) is 10.6 Å². The molecule has 28 heavy (non-hydrogen) atoms. The maximum atomic E-state index is 9.88. The Hall–Kier alpha value is -1.99. The van der Waals surface area contributed by atoms with Crippen LogP contribution in [0.3, 0.4) is 0 Å². The Kier molecular flexibility index (Phi) is 8.86. The number of β-amino-alcohol motifs (C(OH)–C–C–N with tert-alkyl or cyclic N) is 1. The van der Waals surface area contributed by atoms with Crippen molar-refractivity contribution in [3.05, 3.63) is 53.6 Å². The van der Waals surface area contributed by atoms with E-state index in [9.17, 15) is 5.11 Å². The lowest BCUT2D eigenvalue weighted by atomic mass is 10.1. The van der Waals surface area contributed by atoms with Crippen molar-refractivity contribution >= 4 is 12.4 Å². The molecule has 1 aliphatic rings. The van der Waals surface area contributed by atoms with E-state index in [2.05, 4.69) is 10.6 Å². The summed E-state index contributed by atoms with van der Waals surface area (Å²) in [5.74, 6) is 2.12. The number of nitrogens with one attached hydrogen (secondary N) is 2. The van der Waals surface area contributed by atoms with Gasteiger partial charge in [0.25, 0.3) is 0 Å². The zero-order valence-corrected chi connectivity index (χ0v) is 17.1. The zero-order chi connectivity index (χ0) is 19.1. The molecule has 2 aromatic carbocycles.